The van der Waals surface area contributed by atoms with E-state index in [0.717, 1.165) is 34.5 Å². The van der Waals surface area contributed by atoms with Crippen LogP contribution < -0.4 is 5.32 Å². The smallest absolute Gasteiger partial charge is 0.0719 e. The van der Waals surface area contributed by atoms with Gasteiger partial charge in [-0.2, -0.15) is 0 Å². The van der Waals surface area contributed by atoms with Gasteiger partial charge in [-0.3, -0.25) is 0 Å². The van der Waals surface area contributed by atoms with E-state index in [0.29, 0.717) is 0 Å². The van der Waals surface area contributed by atoms with E-state index in [1.807, 2.05) is 31.3 Å². The molecule has 1 atom stereocenters. The van der Waals surface area contributed by atoms with Gasteiger partial charge in [0.1, 0.15) is 0 Å². The Morgan fingerprint density at radius 3 is 2.59 bits per heavy atom. The number of nitrogens with zero attached hydrogens (tertiary/aromatic N) is 1. The number of fused-ring (bicyclic) bond motifs is 1. The largest absolute Gasteiger partial charge is 0.390 e. The molecule has 3 heteroatoms. The van der Waals surface area contributed by atoms with E-state index < -0.39 is 0 Å². The standard InChI is InChI=1S/C24H27N3/c1-6-19-11-7-8-12-21(19)18(3)27(5)24(17(2)25-4)15-20-16-26-23-14-10-9-13-22(20)23/h6-14,16,24-26H,1-3,15H2,4-5H3. The van der Waals surface area contributed by atoms with Crippen molar-refractivity contribution in [2.45, 2.75) is 12.5 Å². The number of rotatable bonds is 8. The summed E-state index contributed by atoms with van der Waals surface area (Å²) in [6.07, 6.45) is 4.79. The minimum atomic E-state index is 0.0691. The average Bonchev–Trinajstić information content (AvgIpc) is 3.13. The van der Waals surface area contributed by atoms with E-state index in [1.165, 1.54) is 10.9 Å². The van der Waals surface area contributed by atoms with E-state index in [2.05, 4.69) is 78.5 Å². The Balaban J connectivity index is 1.93. The van der Waals surface area contributed by atoms with E-state index in [-0.39, 0.29) is 6.04 Å². The first kappa shape index (κ1) is 18.6. The molecule has 138 valence electrons. The van der Waals surface area contributed by atoms with Crippen LogP contribution in [0.2, 0.25) is 0 Å². The molecule has 2 aromatic carbocycles. The summed E-state index contributed by atoms with van der Waals surface area (Å²) in [5.74, 6) is 0. The van der Waals surface area contributed by atoms with Gasteiger partial charge in [0, 0.05) is 54.6 Å². The highest BCUT2D eigenvalue weighted by Gasteiger charge is 2.22. The van der Waals surface area contributed by atoms with Crippen molar-refractivity contribution >= 4 is 22.7 Å². The third-order valence-electron chi connectivity index (χ3n) is 5.20. The van der Waals surface area contributed by atoms with Crippen LogP contribution in [0.1, 0.15) is 16.7 Å². The molecule has 1 heterocycles. The van der Waals surface area contributed by atoms with Crippen molar-refractivity contribution < 1.29 is 0 Å². The molecule has 0 aliphatic heterocycles. The summed E-state index contributed by atoms with van der Waals surface area (Å²) in [6, 6.07) is 16.6. The Labute approximate surface area is 161 Å². The van der Waals surface area contributed by atoms with Crippen LogP contribution >= 0.6 is 0 Å². The zero-order valence-corrected chi connectivity index (χ0v) is 16.1. The molecule has 3 rings (SSSR count). The fourth-order valence-electron chi connectivity index (χ4n) is 3.49. The number of aromatic amines is 1. The van der Waals surface area contributed by atoms with Gasteiger partial charge in [-0.15, -0.1) is 0 Å². The number of hydrogen-bond donors (Lipinski definition) is 2. The molecular formula is C24H27N3. The van der Waals surface area contributed by atoms with Crippen LogP contribution in [-0.4, -0.2) is 30.0 Å². The normalized spacial score (nSPS) is 11.8. The minimum Gasteiger partial charge on any atom is -0.390 e. The monoisotopic (exact) mass is 357 g/mol. The van der Waals surface area contributed by atoms with E-state index in [9.17, 15) is 0 Å². The molecule has 0 spiro atoms. The highest BCUT2D eigenvalue weighted by Crippen LogP contribution is 2.27. The first-order chi connectivity index (χ1) is 13.1. The van der Waals surface area contributed by atoms with Crippen LogP contribution in [0.4, 0.5) is 0 Å². The van der Waals surface area contributed by atoms with Crippen molar-refractivity contribution in [2.75, 3.05) is 14.1 Å². The van der Waals surface area contributed by atoms with Crippen molar-refractivity contribution in [1.82, 2.24) is 15.2 Å². The lowest BCUT2D eigenvalue weighted by molar-refractivity contribution is 0.377. The Hall–Kier alpha value is -3.20. The molecule has 0 saturated carbocycles. The predicted molar refractivity (Wildman–Crippen MR) is 117 cm³/mol. The summed E-state index contributed by atoms with van der Waals surface area (Å²) in [6.45, 7) is 12.5. The molecule has 27 heavy (non-hydrogen) atoms. The van der Waals surface area contributed by atoms with E-state index in [4.69, 9.17) is 0 Å². The third-order valence-corrected chi connectivity index (χ3v) is 5.20. The number of likely N-dealkylation sites (N-methyl/N-ethyl adjacent to an activating group) is 2. The van der Waals surface area contributed by atoms with Crippen LogP contribution in [0.3, 0.4) is 0 Å². The molecule has 1 unspecified atom stereocenters. The fourth-order valence-corrected chi connectivity index (χ4v) is 3.49. The molecule has 0 aliphatic carbocycles. The summed E-state index contributed by atoms with van der Waals surface area (Å²) in [5.41, 5.74) is 6.49. The van der Waals surface area contributed by atoms with Crippen molar-refractivity contribution in [2.24, 2.45) is 0 Å². The van der Waals surface area contributed by atoms with Crippen LogP contribution in [0.5, 0.6) is 0 Å². The van der Waals surface area contributed by atoms with Crippen molar-refractivity contribution in [3.05, 3.63) is 96.9 Å². The summed E-state index contributed by atoms with van der Waals surface area (Å²) in [4.78, 5) is 5.56. The Morgan fingerprint density at radius 1 is 1.15 bits per heavy atom. The topological polar surface area (TPSA) is 31.1 Å². The molecule has 0 amide bonds. The Bertz CT molecular complexity index is 980. The molecular weight excluding hydrogens is 330 g/mol. The third kappa shape index (κ3) is 3.68. The molecule has 2 N–H and O–H groups in total. The highest BCUT2D eigenvalue weighted by molar-refractivity contribution is 5.83. The van der Waals surface area contributed by atoms with E-state index >= 15 is 0 Å². The second kappa shape index (κ2) is 8.00. The SMILES string of the molecule is C=Cc1ccccc1C(=C)N(C)C(Cc1c[nH]c2ccccc12)C(=C)NC. The molecule has 0 saturated heterocycles. The number of benzene rings is 2. The minimum absolute atomic E-state index is 0.0691. The molecule has 3 aromatic rings. The molecule has 0 aliphatic rings. The molecule has 0 bridgehead atoms. The van der Waals surface area contributed by atoms with Crippen molar-refractivity contribution in [3.8, 4) is 0 Å². The number of nitrogens with one attached hydrogen (secondary N) is 2. The first-order valence-corrected chi connectivity index (χ1v) is 9.12. The van der Waals surface area contributed by atoms with Crippen LogP contribution in [0.25, 0.3) is 22.7 Å². The van der Waals surface area contributed by atoms with Gasteiger partial charge in [-0.25, -0.2) is 0 Å². The zero-order valence-electron chi connectivity index (χ0n) is 16.1. The molecule has 1 aromatic heterocycles. The average molecular weight is 358 g/mol. The summed E-state index contributed by atoms with van der Waals surface area (Å²) in [5, 5.41) is 4.48. The summed E-state index contributed by atoms with van der Waals surface area (Å²) in [7, 11) is 3.99. The molecule has 0 radical (unpaired) electrons. The second-order valence-corrected chi connectivity index (χ2v) is 6.70. The van der Waals surface area contributed by atoms with Gasteiger partial charge < -0.3 is 15.2 Å². The Morgan fingerprint density at radius 2 is 1.85 bits per heavy atom. The van der Waals surface area contributed by atoms with Crippen molar-refractivity contribution in [3.63, 3.8) is 0 Å². The van der Waals surface area contributed by atoms with Gasteiger partial charge in [0.2, 0.25) is 0 Å². The summed E-state index contributed by atoms with van der Waals surface area (Å²) < 4.78 is 0. The van der Waals surface area contributed by atoms with Crippen molar-refractivity contribution in [1.29, 1.82) is 0 Å². The lowest BCUT2D eigenvalue weighted by Gasteiger charge is -2.33. The molecule has 3 nitrogen and oxygen atoms in total. The first-order valence-electron chi connectivity index (χ1n) is 9.12. The second-order valence-electron chi connectivity index (χ2n) is 6.70. The number of hydrogen-bond acceptors (Lipinski definition) is 2. The van der Waals surface area contributed by atoms with Crippen LogP contribution in [-0.2, 0) is 6.42 Å². The maximum Gasteiger partial charge on any atom is 0.0719 e. The Kier molecular flexibility index (Phi) is 5.51. The van der Waals surface area contributed by atoms with Crippen LogP contribution in [0.15, 0.2) is 80.2 Å². The highest BCUT2D eigenvalue weighted by atomic mass is 15.2. The molecule has 0 fully saturated rings. The van der Waals surface area contributed by atoms with Gasteiger partial charge >= 0.3 is 0 Å². The zero-order chi connectivity index (χ0) is 19.4. The maximum atomic E-state index is 4.36. The number of aromatic nitrogens is 1. The quantitative estimate of drug-likeness (QED) is 0.590. The van der Waals surface area contributed by atoms with Gasteiger partial charge in [-0.1, -0.05) is 68.3 Å². The lowest BCUT2D eigenvalue weighted by Crippen LogP contribution is -2.37. The maximum absolute atomic E-state index is 4.36. The fraction of sp³-hybridized carbons (Fsp3) is 0.167. The van der Waals surface area contributed by atoms with Gasteiger partial charge in [0.05, 0.1) is 6.04 Å². The van der Waals surface area contributed by atoms with E-state index in [1.54, 1.807) is 0 Å². The van der Waals surface area contributed by atoms with Gasteiger partial charge in [0.15, 0.2) is 0 Å². The predicted octanol–water partition coefficient (Wildman–Crippen LogP) is 5.06. The number of para-hydroxylation sites is 1. The van der Waals surface area contributed by atoms with Gasteiger partial charge in [-0.05, 0) is 17.2 Å². The van der Waals surface area contributed by atoms with Crippen LogP contribution in [0, 0.1) is 0 Å². The van der Waals surface area contributed by atoms with Gasteiger partial charge in [0.25, 0.3) is 0 Å². The number of H-pyrrole nitrogens is 1. The lowest BCUT2D eigenvalue weighted by atomic mass is 9.99. The summed E-state index contributed by atoms with van der Waals surface area (Å²) >= 11 is 0.